The predicted octanol–water partition coefficient (Wildman–Crippen LogP) is 1.26. The number of fused-ring (bicyclic) bond motifs is 1. The molecule has 2 aromatic rings. The van der Waals surface area contributed by atoms with Gasteiger partial charge in [0.1, 0.15) is 0 Å². The van der Waals surface area contributed by atoms with Gasteiger partial charge in [0.05, 0.1) is 5.69 Å². The number of hydrogen-bond donors (Lipinski definition) is 2. The Morgan fingerprint density at radius 3 is 2.85 bits per heavy atom. The van der Waals surface area contributed by atoms with Gasteiger partial charge in [0.2, 0.25) is 0 Å². The number of pyridine rings is 1. The first-order valence-corrected chi connectivity index (χ1v) is 3.40. The molecule has 4 nitrogen and oxygen atoms in total. The molecule has 0 aliphatic heterocycles. The van der Waals surface area contributed by atoms with Crippen molar-refractivity contribution in [1.82, 2.24) is 15.2 Å². The summed E-state index contributed by atoms with van der Waals surface area (Å²) in [5, 5.41) is 7.81. The first kappa shape index (κ1) is 12.2. The van der Waals surface area contributed by atoms with Crippen LogP contribution >= 0.6 is 24.8 Å². The molecule has 0 saturated heterocycles. The molecule has 0 radical (unpaired) electrons. The molecule has 2 rings (SSSR count). The van der Waals surface area contributed by atoms with Crippen LogP contribution < -0.4 is 5.73 Å². The van der Waals surface area contributed by atoms with Gasteiger partial charge in [0, 0.05) is 18.1 Å². The second kappa shape index (κ2) is 5.01. The molecule has 0 atom stereocenters. The van der Waals surface area contributed by atoms with E-state index in [9.17, 15) is 0 Å². The van der Waals surface area contributed by atoms with Gasteiger partial charge in [0.15, 0.2) is 5.65 Å². The van der Waals surface area contributed by atoms with Gasteiger partial charge in [-0.2, -0.15) is 5.10 Å². The third-order valence-electron chi connectivity index (χ3n) is 1.61. The molecule has 0 fully saturated rings. The molecule has 2 aromatic heterocycles. The second-order valence-electron chi connectivity index (χ2n) is 2.28. The molecule has 0 saturated carbocycles. The number of nitrogens with two attached hydrogens (primary N) is 1. The molecule has 0 spiro atoms. The minimum atomic E-state index is 0. The van der Waals surface area contributed by atoms with Crippen molar-refractivity contribution in [2.75, 3.05) is 0 Å². The lowest BCUT2D eigenvalue weighted by Crippen LogP contribution is -1.96. The molecule has 0 aromatic carbocycles. The Morgan fingerprint density at radius 1 is 1.38 bits per heavy atom. The fourth-order valence-corrected chi connectivity index (χ4v) is 1.06. The van der Waals surface area contributed by atoms with Crippen molar-refractivity contribution in [1.29, 1.82) is 0 Å². The number of nitrogens with zero attached hydrogens (tertiary/aromatic N) is 2. The molecule has 0 aliphatic carbocycles. The highest BCUT2D eigenvalue weighted by Gasteiger charge is 2.01. The first-order valence-electron chi connectivity index (χ1n) is 3.40. The molecular weight excluding hydrogens is 211 g/mol. The number of nitrogens with one attached hydrogen (secondary N) is 1. The second-order valence-corrected chi connectivity index (χ2v) is 2.28. The number of halogens is 2. The maximum atomic E-state index is 5.46. The van der Waals surface area contributed by atoms with E-state index in [1.807, 2.05) is 12.1 Å². The Balaban J connectivity index is 0.000000720. The van der Waals surface area contributed by atoms with E-state index in [1.165, 1.54) is 0 Å². The van der Waals surface area contributed by atoms with E-state index in [-0.39, 0.29) is 24.8 Å². The third kappa shape index (κ3) is 2.09. The van der Waals surface area contributed by atoms with Crippen molar-refractivity contribution in [3.63, 3.8) is 0 Å². The van der Waals surface area contributed by atoms with Crippen LogP contribution in [-0.4, -0.2) is 15.2 Å². The van der Waals surface area contributed by atoms with Crippen LogP contribution in [0.1, 0.15) is 5.69 Å². The molecule has 2 heterocycles. The van der Waals surface area contributed by atoms with Crippen LogP contribution in [0.3, 0.4) is 0 Å². The van der Waals surface area contributed by atoms with Gasteiger partial charge in [-0.25, -0.2) is 4.98 Å². The smallest absolute Gasteiger partial charge is 0.181 e. The molecule has 6 heteroatoms. The van der Waals surface area contributed by atoms with Crippen LogP contribution in [0, 0.1) is 0 Å². The normalized spacial score (nSPS) is 9.00. The monoisotopic (exact) mass is 220 g/mol. The Hall–Kier alpha value is -0.840. The van der Waals surface area contributed by atoms with Crippen molar-refractivity contribution in [2.45, 2.75) is 6.54 Å². The van der Waals surface area contributed by atoms with Gasteiger partial charge in [-0.1, -0.05) is 0 Å². The van der Waals surface area contributed by atoms with Gasteiger partial charge in [-0.05, 0) is 12.1 Å². The van der Waals surface area contributed by atoms with Crippen LogP contribution in [0.15, 0.2) is 18.3 Å². The zero-order valence-corrected chi connectivity index (χ0v) is 8.36. The topological polar surface area (TPSA) is 67.6 Å². The quantitative estimate of drug-likeness (QED) is 0.761. The fraction of sp³-hybridized carbons (Fsp3) is 0.143. The van der Waals surface area contributed by atoms with Crippen molar-refractivity contribution >= 4 is 35.8 Å². The molecule has 72 valence electrons. The summed E-state index contributed by atoms with van der Waals surface area (Å²) >= 11 is 0. The molecule has 13 heavy (non-hydrogen) atoms. The summed E-state index contributed by atoms with van der Waals surface area (Å²) in [5.74, 6) is 0. The lowest BCUT2D eigenvalue weighted by Gasteiger charge is -1.88. The van der Waals surface area contributed by atoms with Gasteiger partial charge >= 0.3 is 0 Å². The molecule has 0 amide bonds. The summed E-state index contributed by atoms with van der Waals surface area (Å²) in [5.41, 5.74) is 7.13. The van der Waals surface area contributed by atoms with E-state index in [0.717, 1.165) is 16.7 Å². The standard InChI is InChI=1S/C7H8N4.2ClH/c8-4-6-5-2-1-3-9-7(5)11-10-6;;/h1-3H,4,8H2,(H,9,10,11);2*1H. The highest BCUT2D eigenvalue weighted by Crippen LogP contribution is 2.10. The largest absolute Gasteiger partial charge is 0.325 e. The maximum Gasteiger partial charge on any atom is 0.181 e. The lowest BCUT2D eigenvalue weighted by atomic mass is 10.3. The summed E-state index contributed by atoms with van der Waals surface area (Å²) in [6.45, 7) is 0.474. The number of H-pyrrole nitrogens is 1. The summed E-state index contributed by atoms with van der Waals surface area (Å²) in [7, 11) is 0. The Labute approximate surface area is 87.7 Å². The van der Waals surface area contributed by atoms with E-state index in [2.05, 4.69) is 15.2 Å². The first-order chi connectivity index (χ1) is 5.42. The summed E-state index contributed by atoms with van der Waals surface area (Å²) < 4.78 is 0. The average Bonchev–Trinajstić information content (AvgIpc) is 2.47. The number of aromatic nitrogens is 3. The van der Waals surface area contributed by atoms with E-state index in [4.69, 9.17) is 5.73 Å². The third-order valence-corrected chi connectivity index (χ3v) is 1.61. The lowest BCUT2D eigenvalue weighted by molar-refractivity contribution is 0.956. The Bertz CT molecular complexity index is 373. The van der Waals surface area contributed by atoms with Crippen LogP contribution in [0.2, 0.25) is 0 Å². The van der Waals surface area contributed by atoms with Crippen molar-refractivity contribution in [3.05, 3.63) is 24.0 Å². The Morgan fingerprint density at radius 2 is 2.15 bits per heavy atom. The Kier molecular flexibility index (Phi) is 4.69. The van der Waals surface area contributed by atoms with Crippen LogP contribution in [0.5, 0.6) is 0 Å². The van der Waals surface area contributed by atoms with Gasteiger partial charge in [-0.15, -0.1) is 24.8 Å². The summed E-state index contributed by atoms with van der Waals surface area (Å²) in [4.78, 5) is 4.05. The number of rotatable bonds is 1. The van der Waals surface area contributed by atoms with Gasteiger partial charge in [-0.3, -0.25) is 5.10 Å². The zero-order valence-electron chi connectivity index (χ0n) is 6.73. The van der Waals surface area contributed by atoms with Gasteiger partial charge < -0.3 is 5.73 Å². The highest BCUT2D eigenvalue weighted by atomic mass is 35.5. The number of aromatic amines is 1. The minimum absolute atomic E-state index is 0. The number of hydrogen-bond acceptors (Lipinski definition) is 3. The highest BCUT2D eigenvalue weighted by molar-refractivity contribution is 5.85. The average molecular weight is 221 g/mol. The molecule has 3 N–H and O–H groups in total. The molecule has 0 unspecified atom stereocenters. The van der Waals surface area contributed by atoms with E-state index >= 15 is 0 Å². The fourth-order valence-electron chi connectivity index (χ4n) is 1.06. The van der Waals surface area contributed by atoms with E-state index in [1.54, 1.807) is 6.20 Å². The van der Waals surface area contributed by atoms with Crippen molar-refractivity contribution < 1.29 is 0 Å². The SMILES string of the molecule is Cl.Cl.NCc1[nH]nc2ncccc12. The van der Waals surface area contributed by atoms with E-state index in [0.29, 0.717) is 6.54 Å². The molecular formula is C7H10Cl2N4. The van der Waals surface area contributed by atoms with Crippen LogP contribution in [0.25, 0.3) is 11.0 Å². The van der Waals surface area contributed by atoms with Crippen LogP contribution in [0.4, 0.5) is 0 Å². The minimum Gasteiger partial charge on any atom is -0.325 e. The summed E-state index contributed by atoms with van der Waals surface area (Å²) in [6.07, 6.45) is 1.71. The maximum absolute atomic E-state index is 5.46. The van der Waals surface area contributed by atoms with Crippen molar-refractivity contribution in [3.8, 4) is 0 Å². The van der Waals surface area contributed by atoms with Crippen LogP contribution in [-0.2, 0) is 6.54 Å². The van der Waals surface area contributed by atoms with Gasteiger partial charge in [0.25, 0.3) is 0 Å². The summed E-state index contributed by atoms with van der Waals surface area (Å²) in [6, 6.07) is 3.82. The molecule has 0 aliphatic rings. The van der Waals surface area contributed by atoms with E-state index < -0.39 is 0 Å². The molecule has 0 bridgehead atoms. The predicted molar refractivity (Wildman–Crippen MR) is 56.3 cm³/mol. The van der Waals surface area contributed by atoms with Crippen molar-refractivity contribution in [2.24, 2.45) is 5.73 Å². The zero-order chi connectivity index (χ0) is 7.68.